The minimum absolute atomic E-state index is 0.240. The molecule has 0 amide bonds. The SMILES string of the molecule is Cc1cccc(O[C@@H](C)CC(C)C)n1. The Hall–Kier alpha value is -1.05. The average molecular weight is 193 g/mol. The molecule has 1 aromatic heterocycles. The molecule has 2 heteroatoms. The summed E-state index contributed by atoms with van der Waals surface area (Å²) in [4.78, 5) is 4.30. The van der Waals surface area contributed by atoms with Crippen LogP contribution in [0.1, 0.15) is 32.9 Å². The van der Waals surface area contributed by atoms with E-state index < -0.39 is 0 Å². The van der Waals surface area contributed by atoms with Crippen LogP contribution in [0.15, 0.2) is 18.2 Å². The number of rotatable bonds is 4. The zero-order chi connectivity index (χ0) is 10.6. The van der Waals surface area contributed by atoms with Crippen molar-refractivity contribution in [1.82, 2.24) is 4.98 Å². The first kappa shape index (κ1) is 11.0. The molecule has 0 aliphatic carbocycles. The zero-order valence-corrected chi connectivity index (χ0v) is 9.45. The normalized spacial score (nSPS) is 12.9. The second-order valence-electron chi connectivity index (χ2n) is 4.18. The smallest absolute Gasteiger partial charge is 0.213 e. The van der Waals surface area contributed by atoms with Gasteiger partial charge in [-0.3, -0.25) is 0 Å². The van der Waals surface area contributed by atoms with Gasteiger partial charge in [-0.15, -0.1) is 0 Å². The lowest BCUT2D eigenvalue weighted by molar-refractivity contribution is 0.185. The summed E-state index contributed by atoms with van der Waals surface area (Å²) in [6.07, 6.45) is 1.31. The van der Waals surface area contributed by atoms with Gasteiger partial charge in [-0.05, 0) is 32.3 Å². The van der Waals surface area contributed by atoms with Crippen LogP contribution in [-0.2, 0) is 0 Å². The standard InChI is InChI=1S/C12H19NO/c1-9(2)8-11(4)14-12-7-5-6-10(3)13-12/h5-7,9,11H,8H2,1-4H3/t11-/m0/s1. The van der Waals surface area contributed by atoms with Gasteiger partial charge in [-0.25, -0.2) is 4.98 Å². The lowest BCUT2D eigenvalue weighted by Gasteiger charge is -2.15. The second kappa shape index (κ2) is 4.99. The van der Waals surface area contributed by atoms with Crippen molar-refractivity contribution < 1.29 is 4.74 Å². The fourth-order valence-corrected chi connectivity index (χ4v) is 1.50. The van der Waals surface area contributed by atoms with E-state index in [-0.39, 0.29) is 6.10 Å². The number of aromatic nitrogens is 1. The van der Waals surface area contributed by atoms with Crippen LogP contribution in [-0.4, -0.2) is 11.1 Å². The molecule has 1 rings (SSSR count). The number of aryl methyl sites for hydroxylation is 1. The van der Waals surface area contributed by atoms with Crippen molar-refractivity contribution in [2.24, 2.45) is 5.92 Å². The Morgan fingerprint density at radius 3 is 2.57 bits per heavy atom. The highest BCUT2D eigenvalue weighted by Gasteiger charge is 2.07. The molecule has 0 aliphatic heterocycles. The highest BCUT2D eigenvalue weighted by Crippen LogP contribution is 2.13. The number of nitrogens with zero attached hydrogens (tertiary/aromatic N) is 1. The van der Waals surface area contributed by atoms with E-state index in [2.05, 4.69) is 25.8 Å². The van der Waals surface area contributed by atoms with Crippen LogP contribution < -0.4 is 4.74 Å². The van der Waals surface area contributed by atoms with Gasteiger partial charge in [0.15, 0.2) is 0 Å². The predicted molar refractivity (Wildman–Crippen MR) is 58.5 cm³/mol. The molecule has 78 valence electrons. The maximum Gasteiger partial charge on any atom is 0.213 e. The summed E-state index contributed by atoms with van der Waals surface area (Å²) < 4.78 is 5.69. The summed E-state index contributed by atoms with van der Waals surface area (Å²) in [5.74, 6) is 1.40. The van der Waals surface area contributed by atoms with E-state index in [4.69, 9.17) is 4.74 Å². The van der Waals surface area contributed by atoms with Gasteiger partial charge in [0.05, 0.1) is 6.10 Å². The van der Waals surface area contributed by atoms with Crippen LogP contribution in [0.4, 0.5) is 0 Å². The first-order valence-electron chi connectivity index (χ1n) is 5.18. The minimum Gasteiger partial charge on any atom is -0.475 e. The Balaban J connectivity index is 2.51. The first-order valence-corrected chi connectivity index (χ1v) is 5.18. The van der Waals surface area contributed by atoms with Gasteiger partial charge in [0.2, 0.25) is 5.88 Å². The summed E-state index contributed by atoms with van der Waals surface area (Å²) in [6, 6.07) is 5.85. The van der Waals surface area contributed by atoms with E-state index in [1.165, 1.54) is 0 Å². The van der Waals surface area contributed by atoms with E-state index in [1.54, 1.807) is 0 Å². The quantitative estimate of drug-likeness (QED) is 0.732. The molecule has 0 aliphatic rings. The highest BCUT2D eigenvalue weighted by molar-refractivity contribution is 5.14. The van der Waals surface area contributed by atoms with Crippen molar-refractivity contribution >= 4 is 0 Å². The topological polar surface area (TPSA) is 22.1 Å². The van der Waals surface area contributed by atoms with Crippen molar-refractivity contribution in [2.45, 2.75) is 40.2 Å². The lowest BCUT2D eigenvalue weighted by Crippen LogP contribution is -2.15. The van der Waals surface area contributed by atoms with Crippen LogP contribution in [0.3, 0.4) is 0 Å². The van der Waals surface area contributed by atoms with Crippen LogP contribution in [0.5, 0.6) is 5.88 Å². The molecule has 0 spiro atoms. The summed E-state index contributed by atoms with van der Waals surface area (Å²) in [5, 5.41) is 0. The minimum atomic E-state index is 0.240. The van der Waals surface area contributed by atoms with Crippen molar-refractivity contribution in [3.05, 3.63) is 23.9 Å². The maximum absolute atomic E-state index is 5.69. The fourth-order valence-electron chi connectivity index (χ4n) is 1.50. The lowest BCUT2D eigenvalue weighted by atomic mass is 10.1. The van der Waals surface area contributed by atoms with Gasteiger partial charge in [-0.2, -0.15) is 0 Å². The van der Waals surface area contributed by atoms with Crippen molar-refractivity contribution in [2.75, 3.05) is 0 Å². The molecule has 1 heterocycles. The Morgan fingerprint density at radius 2 is 2.00 bits per heavy atom. The summed E-state index contributed by atoms with van der Waals surface area (Å²) in [7, 11) is 0. The van der Waals surface area contributed by atoms with Gasteiger partial charge in [0.1, 0.15) is 0 Å². The van der Waals surface area contributed by atoms with E-state index in [9.17, 15) is 0 Å². The molecule has 0 unspecified atom stereocenters. The van der Waals surface area contributed by atoms with Crippen LogP contribution in [0.25, 0.3) is 0 Å². The summed E-state index contributed by atoms with van der Waals surface area (Å²) >= 11 is 0. The molecule has 14 heavy (non-hydrogen) atoms. The Bertz CT molecular complexity index is 283. The molecule has 0 N–H and O–H groups in total. The summed E-state index contributed by atoms with van der Waals surface area (Å²) in [5.41, 5.74) is 0.999. The molecule has 0 saturated carbocycles. The molecule has 2 nitrogen and oxygen atoms in total. The number of ether oxygens (including phenoxy) is 1. The number of pyridine rings is 1. The van der Waals surface area contributed by atoms with Crippen LogP contribution in [0.2, 0.25) is 0 Å². The van der Waals surface area contributed by atoms with Crippen LogP contribution in [0, 0.1) is 12.8 Å². The Kier molecular flexibility index (Phi) is 3.93. The second-order valence-corrected chi connectivity index (χ2v) is 4.18. The van der Waals surface area contributed by atoms with Gasteiger partial charge < -0.3 is 4.74 Å². The Labute approximate surface area is 86.3 Å². The zero-order valence-electron chi connectivity index (χ0n) is 9.45. The third-order valence-electron chi connectivity index (χ3n) is 1.99. The van der Waals surface area contributed by atoms with Gasteiger partial charge in [0, 0.05) is 11.8 Å². The first-order chi connectivity index (χ1) is 6.58. The van der Waals surface area contributed by atoms with Crippen molar-refractivity contribution in [3.63, 3.8) is 0 Å². The van der Waals surface area contributed by atoms with E-state index in [0.29, 0.717) is 5.92 Å². The van der Waals surface area contributed by atoms with Gasteiger partial charge in [-0.1, -0.05) is 19.9 Å². The third-order valence-corrected chi connectivity index (χ3v) is 1.99. The average Bonchev–Trinajstić information content (AvgIpc) is 2.01. The molecule has 1 aromatic rings. The molecule has 0 radical (unpaired) electrons. The maximum atomic E-state index is 5.69. The third kappa shape index (κ3) is 3.77. The monoisotopic (exact) mass is 193 g/mol. The van der Waals surface area contributed by atoms with E-state index in [0.717, 1.165) is 18.0 Å². The molecule has 0 aromatic carbocycles. The molecular weight excluding hydrogens is 174 g/mol. The largest absolute Gasteiger partial charge is 0.475 e. The molecule has 1 atom stereocenters. The van der Waals surface area contributed by atoms with Crippen molar-refractivity contribution in [1.29, 1.82) is 0 Å². The van der Waals surface area contributed by atoms with Gasteiger partial charge in [0.25, 0.3) is 0 Å². The fraction of sp³-hybridized carbons (Fsp3) is 0.583. The van der Waals surface area contributed by atoms with Crippen molar-refractivity contribution in [3.8, 4) is 5.88 Å². The number of hydrogen-bond acceptors (Lipinski definition) is 2. The molecule has 0 saturated heterocycles. The van der Waals surface area contributed by atoms with Crippen LogP contribution >= 0.6 is 0 Å². The molecule has 0 fully saturated rings. The Morgan fingerprint density at radius 1 is 1.29 bits per heavy atom. The summed E-state index contributed by atoms with van der Waals surface area (Å²) in [6.45, 7) is 8.46. The molecular formula is C12H19NO. The van der Waals surface area contributed by atoms with E-state index >= 15 is 0 Å². The molecule has 0 bridgehead atoms. The highest BCUT2D eigenvalue weighted by atomic mass is 16.5. The van der Waals surface area contributed by atoms with Gasteiger partial charge >= 0.3 is 0 Å². The predicted octanol–water partition coefficient (Wildman–Crippen LogP) is 3.20. The number of hydrogen-bond donors (Lipinski definition) is 0. The van der Waals surface area contributed by atoms with E-state index in [1.807, 2.05) is 25.1 Å².